The summed E-state index contributed by atoms with van der Waals surface area (Å²) in [7, 11) is 5.96. The predicted molar refractivity (Wildman–Crippen MR) is 332 cm³/mol. The lowest BCUT2D eigenvalue weighted by atomic mass is 10.0. The van der Waals surface area contributed by atoms with Gasteiger partial charge in [0.25, 0.3) is 6.29 Å². The number of esters is 2. The van der Waals surface area contributed by atoms with Crippen LogP contribution in [0.5, 0.6) is 0 Å². The van der Waals surface area contributed by atoms with E-state index in [-0.39, 0.29) is 32.2 Å². The lowest BCUT2D eigenvalue weighted by Crippen LogP contribution is -2.40. The van der Waals surface area contributed by atoms with E-state index in [1.165, 1.54) is 186 Å². The molecule has 0 saturated heterocycles. The zero-order valence-corrected chi connectivity index (χ0v) is 51.6. The summed E-state index contributed by atoms with van der Waals surface area (Å²) in [5.74, 6) is -2.06. The summed E-state index contributed by atoms with van der Waals surface area (Å²) in [4.78, 5) is 37.5. The van der Waals surface area contributed by atoms with Crippen LogP contribution in [-0.4, -0.2) is 87.4 Å². The van der Waals surface area contributed by atoms with Gasteiger partial charge in [-0.25, -0.2) is 4.79 Å². The van der Waals surface area contributed by atoms with E-state index in [0.29, 0.717) is 23.9 Å². The van der Waals surface area contributed by atoms with Crippen molar-refractivity contribution in [3.05, 3.63) is 72.9 Å². The molecule has 0 heterocycles. The minimum atomic E-state index is -1.53. The first-order valence-corrected chi connectivity index (χ1v) is 32.6. The van der Waals surface area contributed by atoms with Gasteiger partial charge in [0, 0.05) is 12.8 Å². The molecule has 2 unspecified atom stereocenters. The van der Waals surface area contributed by atoms with Crippen molar-refractivity contribution >= 4 is 17.9 Å². The van der Waals surface area contributed by atoms with Crippen molar-refractivity contribution in [3.63, 3.8) is 0 Å². The van der Waals surface area contributed by atoms with Gasteiger partial charge in [-0.05, 0) is 64.2 Å². The van der Waals surface area contributed by atoms with E-state index < -0.39 is 24.3 Å². The van der Waals surface area contributed by atoms with Gasteiger partial charge in [-0.1, -0.05) is 286 Å². The summed E-state index contributed by atoms with van der Waals surface area (Å²) in [5, 5.41) is 9.72. The molecule has 1 N–H and O–H groups in total. The van der Waals surface area contributed by atoms with Crippen LogP contribution >= 0.6 is 0 Å². The number of aliphatic carboxylic acids is 1. The largest absolute Gasteiger partial charge is 0.477 e. The molecule has 0 aromatic carbocycles. The molecule has 0 aromatic rings. The molecular formula is C69H124NO8+. The Balaban J connectivity index is 4.14. The average molecular weight is 1100 g/mol. The number of hydrogen-bond donors (Lipinski definition) is 1. The highest BCUT2D eigenvalue weighted by Gasteiger charge is 2.25. The number of carboxylic acids is 1. The van der Waals surface area contributed by atoms with Crippen molar-refractivity contribution in [3.8, 4) is 0 Å². The van der Waals surface area contributed by atoms with E-state index in [2.05, 4.69) is 86.8 Å². The lowest BCUT2D eigenvalue weighted by Gasteiger charge is -2.25. The number of likely N-dealkylation sites (N-methyl/N-ethyl adjacent to an activating group) is 1. The first kappa shape index (κ1) is 74.7. The molecular weight excluding hydrogens is 971 g/mol. The molecule has 0 amide bonds. The Hall–Kier alpha value is -3.27. The lowest BCUT2D eigenvalue weighted by molar-refractivity contribution is -0.870. The fourth-order valence-corrected chi connectivity index (χ4v) is 9.26. The molecule has 9 nitrogen and oxygen atoms in total. The van der Waals surface area contributed by atoms with E-state index >= 15 is 0 Å². The second-order valence-electron chi connectivity index (χ2n) is 23.1. The van der Waals surface area contributed by atoms with Crippen LogP contribution in [0.1, 0.15) is 290 Å². The van der Waals surface area contributed by atoms with Crippen LogP contribution in [0.2, 0.25) is 0 Å². The first-order chi connectivity index (χ1) is 38.1. The minimum Gasteiger partial charge on any atom is -0.477 e. The number of hydrogen-bond acceptors (Lipinski definition) is 7. The number of carboxylic acid groups (broad SMARTS) is 1. The van der Waals surface area contributed by atoms with Gasteiger partial charge in [-0.2, -0.15) is 0 Å². The van der Waals surface area contributed by atoms with E-state index in [1.54, 1.807) is 0 Å². The van der Waals surface area contributed by atoms with E-state index in [1.807, 2.05) is 21.1 Å². The van der Waals surface area contributed by atoms with E-state index in [0.717, 1.165) is 70.6 Å². The molecule has 452 valence electrons. The molecule has 0 rings (SSSR count). The highest BCUT2D eigenvalue weighted by Crippen LogP contribution is 2.18. The van der Waals surface area contributed by atoms with Crippen molar-refractivity contribution in [2.24, 2.45) is 0 Å². The molecule has 0 aromatic heterocycles. The molecule has 0 fully saturated rings. The number of unbranched alkanes of at least 4 members (excludes halogenated alkanes) is 33. The van der Waals surface area contributed by atoms with Gasteiger partial charge < -0.3 is 28.5 Å². The summed E-state index contributed by atoms with van der Waals surface area (Å²) >= 11 is 0. The topological polar surface area (TPSA) is 108 Å². The third-order valence-electron chi connectivity index (χ3n) is 14.2. The summed E-state index contributed by atoms with van der Waals surface area (Å²) in [6.07, 6.45) is 76.0. The fraction of sp³-hybridized carbons (Fsp3) is 0.783. The van der Waals surface area contributed by atoms with Gasteiger partial charge in [0.15, 0.2) is 6.10 Å². The monoisotopic (exact) mass is 1090 g/mol. The maximum absolute atomic E-state index is 12.9. The molecule has 78 heavy (non-hydrogen) atoms. The normalized spacial score (nSPS) is 13.2. The Morgan fingerprint density at radius 1 is 0.397 bits per heavy atom. The van der Waals surface area contributed by atoms with Gasteiger partial charge in [-0.15, -0.1) is 0 Å². The van der Waals surface area contributed by atoms with Crippen LogP contribution in [0.3, 0.4) is 0 Å². The third kappa shape index (κ3) is 60.4. The Bertz CT molecular complexity index is 1510. The van der Waals surface area contributed by atoms with Gasteiger partial charge >= 0.3 is 17.9 Å². The standard InChI is InChI=1S/C69H123NO8/c1-6-8-10-12-14-16-18-20-22-24-26-28-29-30-31-32-33-34-35-36-37-38-40-41-43-45-47-49-51-53-55-57-59-66(71)76-63-65(64-77-69(68(73)74)75-62-61-70(3,4)5)78-67(72)60-58-56-54-52-50-48-46-44-42-39-27-25-23-21-19-17-15-13-11-9-7-2/h9,11,15,17,21,23,27,39,44,46,50,52,65,69H,6-8,10,12-14,16,18-20,22,24-26,28-38,40-43,45,47-49,51,53-64H2,1-5H3/p+1/b11-9-,17-15-,23-21-,39-27-,46-44-,52-50-. The number of nitrogens with zero attached hydrogens (tertiary/aromatic N) is 1. The number of carbonyl (C=O) groups is 3. The van der Waals surface area contributed by atoms with E-state index in [9.17, 15) is 19.5 Å². The molecule has 0 spiro atoms. The van der Waals surface area contributed by atoms with Gasteiger partial charge in [0.1, 0.15) is 13.2 Å². The van der Waals surface area contributed by atoms with Crippen LogP contribution in [0, 0.1) is 0 Å². The molecule has 9 heteroatoms. The number of ether oxygens (including phenoxy) is 4. The molecule has 0 bridgehead atoms. The number of quaternary nitrogens is 1. The maximum Gasteiger partial charge on any atom is 0.361 e. The molecule has 0 aliphatic rings. The summed E-state index contributed by atoms with van der Waals surface area (Å²) < 4.78 is 22.9. The Morgan fingerprint density at radius 3 is 1.09 bits per heavy atom. The van der Waals surface area contributed by atoms with Crippen LogP contribution in [0.25, 0.3) is 0 Å². The highest BCUT2D eigenvalue weighted by atomic mass is 16.7. The zero-order chi connectivity index (χ0) is 56.9. The van der Waals surface area contributed by atoms with Gasteiger partial charge in [0.05, 0.1) is 34.4 Å². The second-order valence-corrected chi connectivity index (χ2v) is 23.1. The Kier molecular flexibility index (Phi) is 57.3. The van der Waals surface area contributed by atoms with Crippen molar-refractivity contribution in [2.45, 2.75) is 302 Å². The Labute approximate surface area is 481 Å². The van der Waals surface area contributed by atoms with Crippen molar-refractivity contribution in [1.29, 1.82) is 0 Å². The summed E-state index contributed by atoms with van der Waals surface area (Å²) in [6.45, 7) is 4.74. The van der Waals surface area contributed by atoms with E-state index in [4.69, 9.17) is 18.9 Å². The molecule has 2 atom stereocenters. The predicted octanol–water partition coefficient (Wildman–Crippen LogP) is 19.7. The zero-order valence-electron chi connectivity index (χ0n) is 51.6. The van der Waals surface area contributed by atoms with Crippen molar-refractivity contribution in [2.75, 3.05) is 47.5 Å². The molecule has 0 aliphatic carbocycles. The fourth-order valence-electron chi connectivity index (χ4n) is 9.26. The number of allylic oxidation sites excluding steroid dienone is 12. The average Bonchev–Trinajstić information content (AvgIpc) is 3.41. The molecule has 0 aliphatic heterocycles. The maximum atomic E-state index is 12.9. The first-order valence-electron chi connectivity index (χ1n) is 32.6. The Morgan fingerprint density at radius 2 is 0.731 bits per heavy atom. The van der Waals surface area contributed by atoms with Crippen LogP contribution in [0.4, 0.5) is 0 Å². The van der Waals surface area contributed by atoms with Crippen LogP contribution in [-0.2, 0) is 33.3 Å². The van der Waals surface area contributed by atoms with Crippen LogP contribution < -0.4 is 0 Å². The van der Waals surface area contributed by atoms with Gasteiger partial charge in [0.2, 0.25) is 0 Å². The SMILES string of the molecule is CC/C=C\C/C=C\C/C=C\C/C=C\C/C=C\C/C=C\CCCCC(=O)OC(COC(=O)CCCCCCCCCCCCCCCCCCCCCCCCCCCCCCCCCC)COC(OCC[N+](C)(C)C)C(=O)O. The second kappa shape index (κ2) is 59.8. The van der Waals surface area contributed by atoms with Crippen LogP contribution in [0.15, 0.2) is 72.9 Å². The molecule has 0 saturated carbocycles. The van der Waals surface area contributed by atoms with Crippen molar-refractivity contribution < 1.29 is 42.9 Å². The quantitative estimate of drug-likeness (QED) is 0.0211. The number of carbonyl (C=O) groups excluding carboxylic acids is 2. The van der Waals surface area contributed by atoms with Crippen molar-refractivity contribution in [1.82, 2.24) is 0 Å². The summed E-state index contributed by atoms with van der Waals surface area (Å²) in [6, 6.07) is 0. The minimum absolute atomic E-state index is 0.177. The number of rotatable bonds is 60. The smallest absolute Gasteiger partial charge is 0.361 e. The molecule has 0 radical (unpaired) electrons. The van der Waals surface area contributed by atoms with Gasteiger partial charge in [-0.3, -0.25) is 9.59 Å². The summed E-state index contributed by atoms with van der Waals surface area (Å²) in [5.41, 5.74) is 0. The highest BCUT2D eigenvalue weighted by molar-refractivity contribution is 5.71. The third-order valence-corrected chi connectivity index (χ3v) is 14.2.